The molecule has 0 N–H and O–H groups in total. The monoisotopic (exact) mass is 308 g/mol. The molecule has 118 valence electrons. The largest absolute Gasteiger partial charge is 0.334 e. The van der Waals surface area contributed by atoms with Gasteiger partial charge in [0.1, 0.15) is 5.60 Å². The Morgan fingerprint density at radius 1 is 1.17 bits per heavy atom. The maximum atomic E-state index is 5.85. The van der Waals surface area contributed by atoms with Crippen molar-refractivity contribution >= 4 is 10.8 Å². The quantitative estimate of drug-likeness (QED) is 0.687. The topological polar surface area (TPSA) is 36.3 Å². The maximum Gasteiger partial charge on any atom is 0.146 e. The molecule has 4 nitrogen and oxygen atoms in total. The highest BCUT2D eigenvalue weighted by Crippen LogP contribution is 2.37. The van der Waals surface area contributed by atoms with E-state index in [9.17, 15) is 0 Å². The van der Waals surface area contributed by atoms with E-state index in [1.54, 1.807) is 6.20 Å². The molecule has 1 atom stereocenters. The van der Waals surface area contributed by atoms with Crippen LogP contribution in [0.25, 0.3) is 10.8 Å². The number of fused-ring (bicyclic) bond motifs is 1. The van der Waals surface area contributed by atoms with Gasteiger partial charge in [-0.25, -0.2) is 14.8 Å². The number of aryl methyl sites for hydroxylation is 1. The van der Waals surface area contributed by atoms with Gasteiger partial charge < -0.3 is 4.57 Å². The van der Waals surface area contributed by atoms with Crippen molar-refractivity contribution in [3.8, 4) is 0 Å². The Kier molecular flexibility index (Phi) is 3.63. The minimum atomic E-state index is -0.460. The Hall–Kier alpha value is -2.17. The van der Waals surface area contributed by atoms with Crippen LogP contribution in [-0.2, 0) is 21.9 Å². The third-order valence-electron chi connectivity index (χ3n) is 4.55. The summed E-state index contributed by atoms with van der Waals surface area (Å²) in [5, 5.41) is 2.48. The van der Waals surface area contributed by atoms with Gasteiger partial charge >= 0.3 is 0 Å². The molecule has 23 heavy (non-hydrogen) atoms. The molecule has 4 rings (SSSR count). The molecule has 2 aromatic carbocycles. The first kappa shape index (κ1) is 14.4. The maximum absolute atomic E-state index is 5.85. The SMILES string of the molecule is Cc1ccc2cc(C3(Cn4ccnc4)CCCOO3)ccc2c1. The molecule has 0 saturated carbocycles. The molecule has 0 bridgehead atoms. The number of hydrogen-bond donors (Lipinski definition) is 0. The molecule has 1 saturated heterocycles. The Morgan fingerprint density at radius 2 is 2.04 bits per heavy atom. The van der Waals surface area contributed by atoms with Crippen LogP contribution in [0.2, 0.25) is 0 Å². The first-order valence-electron chi connectivity index (χ1n) is 8.02. The van der Waals surface area contributed by atoms with Crippen molar-refractivity contribution in [2.75, 3.05) is 6.61 Å². The summed E-state index contributed by atoms with van der Waals surface area (Å²) in [6.07, 6.45) is 7.50. The number of hydrogen-bond acceptors (Lipinski definition) is 3. The van der Waals surface area contributed by atoms with Crippen LogP contribution in [0.3, 0.4) is 0 Å². The van der Waals surface area contributed by atoms with Crippen molar-refractivity contribution in [3.05, 3.63) is 66.2 Å². The van der Waals surface area contributed by atoms with E-state index in [2.05, 4.69) is 48.3 Å². The molecule has 1 aromatic heterocycles. The molecule has 1 unspecified atom stereocenters. The molecule has 1 aliphatic rings. The third-order valence-corrected chi connectivity index (χ3v) is 4.55. The van der Waals surface area contributed by atoms with Crippen LogP contribution in [0.1, 0.15) is 24.0 Å². The number of benzene rings is 2. The first-order valence-corrected chi connectivity index (χ1v) is 8.02. The molecule has 4 heteroatoms. The van der Waals surface area contributed by atoms with Gasteiger partial charge in [0.2, 0.25) is 0 Å². The summed E-state index contributed by atoms with van der Waals surface area (Å²) in [5.74, 6) is 0. The predicted octanol–water partition coefficient (Wildman–Crippen LogP) is 3.98. The molecule has 3 aromatic rings. The number of rotatable bonds is 3. The van der Waals surface area contributed by atoms with Crippen LogP contribution >= 0.6 is 0 Å². The third kappa shape index (κ3) is 2.76. The summed E-state index contributed by atoms with van der Waals surface area (Å²) in [6.45, 7) is 3.47. The van der Waals surface area contributed by atoms with Crippen molar-refractivity contribution in [3.63, 3.8) is 0 Å². The normalized spacial score (nSPS) is 21.6. The van der Waals surface area contributed by atoms with Gasteiger partial charge in [-0.2, -0.15) is 0 Å². The Balaban J connectivity index is 1.77. The average molecular weight is 308 g/mol. The molecular weight excluding hydrogens is 288 g/mol. The van der Waals surface area contributed by atoms with E-state index in [1.165, 1.54) is 16.3 Å². The van der Waals surface area contributed by atoms with E-state index in [-0.39, 0.29) is 0 Å². The van der Waals surface area contributed by atoms with Crippen molar-refractivity contribution in [1.82, 2.24) is 9.55 Å². The molecular formula is C19H20N2O2. The number of aromatic nitrogens is 2. The van der Waals surface area contributed by atoms with Crippen LogP contribution in [0.4, 0.5) is 0 Å². The second-order valence-corrected chi connectivity index (χ2v) is 6.30. The van der Waals surface area contributed by atoms with E-state index in [1.807, 2.05) is 17.1 Å². The van der Waals surface area contributed by atoms with Gasteiger partial charge in [-0.15, -0.1) is 0 Å². The lowest BCUT2D eigenvalue weighted by atomic mass is 9.87. The van der Waals surface area contributed by atoms with Gasteiger partial charge in [0.05, 0.1) is 19.5 Å². The highest BCUT2D eigenvalue weighted by molar-refractivity contribution is 5.84. The summed E-state index contributed by atoms with van der Waals surface area (Å²) in [5.41, 5.74) is 1.97. The lowest BCUT2D eigenvalue weighted by Crippen LogP contribution is -2.38. The number of imidazole rings is 1. The van der Waals surface area contributed by atoms with Crippen molar-refractivity contribution in [2.24, 2.45) is 0 Å². The van der Waals surface area contributed by atoms with Gasteiger partial charge in [0.25, 0.3) is 0 Å². The molecule has 1 aliphatic heterocycles. The summed E-state index contributed by atoms with van der Waals surface area (Å²) < 4.78 is 2.05. The summed E-state index contributed by atoms with van der Waals surface area (Å²) in [4.78, 5) is 15.4. The minimum absolute atomic E-state index is 0.460. The Bertz CT molecular complexity index is 805. The van der Waals surface area contributed by atoms with Crippen molar-refractivity contribution < 1.29 is 9.78 Å². The van der Waals surface area contributed by atoms with E-state index in [0.29, 0.717) is 13.2 Å². The van der Waals surface area contributed by atoms with Crippen LogP contribution in [-0.4, -0.2) is 16.2 Å². The fraction of sp³-hybridized carbons (Fsp3) is 0.316. The summed E-state index contributed by atoms with van der Waals surface area (Å²) >= 11 is 0. The number of nitrogens with zero attached hydrogens (tertiary/aromatic N) is 2. The van der Waals surface area contributed by atoms with Crippen LogP contribution in [0.15, 0.2) is 55.1 Å². The zero-order valence-electron chi connectivity index (χ0n) is 13.2. The second kappa shape index (κ2) is 5.80. The van der Waals surface area contributed by atoms with Gasteiger partial charge in [-0.05, 0) is 42.2 Å². The van der Waals surface area contributed by atoms with Crippen molar-refractivity contribution in [1.29, 1.82) is 0 Å². The predicted molar refractivity (Wildman–Crippen MR) is 88.9 cm³/mol. The highest BCUT2D eigenvalue weighted by Gasteiger charge is 2.37. The molecule has 2 heterocycles. The summed E-state index contributed by atoms with van der Waals surface area (Å²) in [7, 11) is 0. The van der Waals surface area contributed by atoms with Crippen LogP contribution in [0.5, 0.6) is 0 Å². The van der Waals surface area contributed by atoms with Crippen molar-refractivity contribution in [2.45, 2.75) is 31.9 Å². The highest BCUT2D eigenvalue weighted by atomic mass is 17.2. The van der Waals surface area contributed by atoms with E-state index in [4.69, 9.17) is 9.78 Å². The van der Waals surface area contributed by atoms with Crippen LogP contribution in [0, 0.1) is 6.92 Å². The lowest BCUT2D eigenvalue weighted by molar-refractivity contribution is -0.392. The minimum Gasteiger partial charge on any atom is -0.334 e. The summed E-state index contributed by atoms with van der Waals surface area (Å²) in [6, 6.07) is 13.1. The van der Waals surface area contributed by atoms with E-state index in [0.717, 1.165) is 18.4 Å². The van der Waals surface area contributed by atoms with E-state index >= 15 is 0 Å². The molecule has 1 fully saturated rings. The lowest BCUT2D eigenvalue weighted by Gasteiger charge is -2.36. The van der Waals surface area contributed by atoms with Gasteiger partial charge in [-0.1, -0.05) is 35.9 Å². The second-order valence-electron chi connectivity index (χ2n) is 6.30. The zero-order valence-corrected chi connectivity index (χ0v) is 13.2. The standard InChI is InChI=1S/C19H20N2O2/c1-15-3-4-17-12-18(6-5-16(17)11-15)19(7-2-10-22-23-19)13-21-9-8-20-14-21/h3-6,8-9,11-12,14H,2,7,10,13H2,1H3. The Morgan fingerprint density at radius 3 is 2.83 bits per heavy atom. The fourth-order valence-corrected chi connectivity index (χ4v) is 3.33. The van der Waals surface area contributed by atoms with Gasteiger partial charge in [-0.3, -0.25) is 0 Å². The molecule has 0 amide bonds. The van der Waals surface area contributed by atoms with Gasteiger partial charge in [0.15, 0.2) is 0 Å². The fourth-order valence-electron chi connectivity index (χ4n) is 3.33. The molecule has 0 aliphatic carbocycles. The Labute approximate surface area is 135 Å². The van der Waals surface area contributed by atoms with Crippen LogP contribution < -0.4 is 0 Å². The zero-order chi connectivity index (χ0) is 15.7. The molecule has 0 spiro atoms. The van der Waals surface area contributed by atoms with E-state index < -0.39 is 5.60 Å². The smallest absolute Gasteiger partial charge is 0.146 e. The first-order chi connectivity index (χ1) is 11.3. The average Bonchev–Trinajstić information content (AvgIpc) is 3.08. The van der Waals surface area contributed by atoms with Gasteiger partial charge in [0, 0.05) is 12.4 Å². The molecule has 0 radical (unpaired) electrons.